The average molecular weight is 366 g/mol. The second-order valence-corrected chi connectivity index (χ2v) is 7.44. The normalized spacial score (nSPS) is 21.0. The second kappa shape index (κ2) is 8.41. The summed E-state index contributed by atoms with van der Waals surface area (Å²) in [7, 11) is 0. The zero-order valence-corrected chi connectivity index (χ0v) is 15.5. The quantitative estimate of drug-likeness (QED) is 0.889. The van der Waals surface area contributed by atoms with Crippen LogP contribution in [0.15, 0.2) is 31.0 Å². The molecule has 0 spiro atoms. The molecule has 1 aliphatic carbocycles. The fourth-order valence-electron chi connectivity index (χ4n) is 4.20. The molecule has 0 aromatic carbocycles. The zero-order chi connectivity index (χ0) is 18.5. The van der Waals surface area contributed by atoms with Crippen LogP contribution in [-0.2, 0) is 4.79 Å². The third-order valence-electron chi connectivity index (χ3n) is 5.58. The van der Waals surface area contributed by atoms with Gasteiger partial charge in [-0.15, -0.1) is 0 Å². The Balaban J connectivity index is 1.53. The van der Waals surface area contributed by atoms with Gasteiger partial charge in [0, 0.05) is 18.7 Å². The largest absolute Gasteiger partial charge is 0.334 e. The Hall–Kier alpha value is -2.57. The second-order valence-electron chi connectivity index (χ2n) is 7.44. The highest BCUT2D eigenvalue weighted by molar-refractivity contribution is 5.79. The van der Waals surface area contributed by atoms with Gasteiger partial charge in [-0.1, -0.05) is 19.3 Å². The molecule has 27 heavy (non-hydrogen) atoms. The van der Waals surface area contributed by atoms with E-state index in [1.54, 1.807) is 18.6 Å². The van der Waals surface area contributed by atoms with Crippen LogP contribution >= 0.6 is 0 Å². The summed E-state index contributed by atoms with van der Waals surface area (Å²) in [6.45, 7) is 0.833. The number of nitrogens with one attached hydrogen (secondary N) is 1. The predicted molar refractivity (Wildman–Crippen MR) is 102 cm³/mol. The molecule has 1 saturated heterocycles. The van der Waals surface area contributed by atoms with Crippen LogP contribution in [0.5, 0.6) is 0 Å². The van der Waals surface area contributed by atoms with E-state index in [0.717, 1.165) is 50.0 Å². The number of rotatable bonds is 4. The number of nitrogens with zero attached hydrogens (tertiary/aromatic N) is 5. The maximum atomic E-state index is 13.2. The lowest BCUT2D eigenvalue weighted by atomic mass is 9.87. The van der Waals surface area contributed by atoms with E-state index in [2.05, 4.69) is 25.2 Å². The first-order chi connectivity index (χ1) is 13.3. The molecule has 1 amide bonds. The van der Waals surface area contributed by atoms with Crippen LogP contribution in [0.2, 0.25) is 0 Å². The van der Waals surface area contributed by atoms with E-state index in [4.69, 9.17) is 4.98 Å². The first-order valence-corrected chi connectivity index (χ1v) is 9.97. The van der Waals surface area contributed by atoms with E-state index >= 15 is 0 Å². The number of carbonyl (C=O) groups is 1. The van der Waals surface area contributed by atoms with E-state index < -0.39 is 0 Å². The number of hydrogen-bond acceptors (Lipinski definition) is 6. The number of hydrogen-bond donors (Lipinski definition) is 1. The average Bonchev–Trinajstić information content (AvgIpc) is 2.75. The number of carbonyl (C=O) groups excluding carboxylic acids is 1. The third kappa shape index (κ3) is 4.23. The van der Waals surface area contributed by atoms with Crippen LogP contribution in [0.4, 0.5) is 11.6 Å². The summed E-state index contributed by atoms with van der Waals surface area (Å²) >= 11 is 0. The van der Waals surface area contributed by atoms with Gasteiger partial charge in [0.1, 0.15) is 6.33 Å². The lowest BCUT2D eigenvalue weighted by Gasteiger charge is -2.38. The molecule has 142 valence electrons. The van der Waals surface area contributed by atoms with E-state index in [9.17, 15) is 4.79 Å². The van der Waals surface area contributed by atoms with Gasteiger partial charge in [-0.3, -0.25) is 4.79 Å². The van der Waals surface area contributed by atoms with Crippen molar-refractivity contribution in [3.8, 4) is 0 Å². The summed E-state index contributed by atoms with van der Waals surface area (Å²) < 4.78 is 0. The highest BCUT2D eigenvalue weighted by Crippen LogP contribution is 2.34. The van der Waals surface area contributed by atoms with Crippen LogP contribution in [0, 0.1) is 5.92 Å². The molecule has 4 rings (SSSR count). The molecule has 2 fully saturated rings. The minimum atomic E-state index is 0.0451. The van der Waals surface area contributed by atoms with E-state index in [1.807, 2.05) is 6.07 Å². The van der Waals surface area contributed by atoms with Crippen molar-refractivity contribution in [1.29, 1.82) is 0 Å². The molecule has 7 nitrogen and oxygen atoms in total. The summed E-state index contributed by atoms with van der Waals surface area (Å²) in [5.74, 6) is 1.03. The fraction of sp³-hybridized carbons (Fsp3) is 0.550. The molecule has 0 bridgehead atoms. The molecule has 1 atom stereocenters. The molecule has 1 N–H and O–H groups in total. The van der Waals surface area contributed by atoms with E-state index in [-0.39, 0.29) is 12.0 Å². The maximum absolute atomic E-state index is 13.2. The Labute approximate surface area is 159 Å². The van der Waals surface area contributed by atoms with Crippen LogP contribution < -0.4 is 5.32 Å². The van der Waals surface area contributed by atoms with Gasteiger partial charge in [-0.25, -0.2) is 19.9 Å². The van der Waals surface area contributed by atoms with Gasteiger partial charge in [0.25, 0.3) is 0 Å². The Morgan fingerprint density at radius 2 is 1.81 bits per heavy atom. The standard InChI is InChI=1S/C20H26N6O/c27-19(15-6-2-1-3-7-15)26-11-5-4-8-18(26)17-9-10-23-20(25-17)24-16-12-21-14-22-13-16/h9-10,12-15,18H,1-8,11H2,(H,23,24,25)/t18-/m0/s1. The number of anilines is 2. The van der Waals surface area contributed by atoms with E-state index in [1.165, 1.54) is 25.6 Å². The minimum absolute atomic E-state index is 0.0451. The van der Waals surface area contributed by atoms with Crippen molar-refractivity contribution in [1.82, 2.24) is 24.8 Å². The summed E-state index contributed by atoms with van der Waals surface area (Å²) in [6.07, 6.45) is 15.5. The Morgan fingerprint density at radius 3 is 2.63 bits per heavy atom. The van der Waals surface area contributed by atoms with Crippen LogP contribution in [0.25, 0.3) is 0 Å². The van der Waals surface area contributed by atoms with Gasteiger partial charge in [0.05, 0.1) is 29.8 Å². The molecular formula is C20H26N6O. The molecule has 2 aromatic heterocycles. The Morgan fingerprint density at radius 1 is 1.04 bits per heavy atom. The molecule has 2 aliphatic rings. The summed E-state index contributed by atoms with van der Waals surface area (Å²) in [5, 5.41) is 3.14. The molecular weight excluding hydrogens is 340 g/mol. The van der Waals surface area contributed by atoms with Crippen LogP contribution in [0.3, 0.4) is 0 Å². The van der Waals surface area contributed by atoms with Gasteiger partial charge >= 0.3 is 0 Å². The highest BCUT2D eigenvalue weighted by Gasteiger charge is 2.33. The smallest absolute Gasteiger partial charge is 0.227 e. The van der Waals surface area contributed by atoms with Gasteiger partial charge in [0.15, 0.2) is 0 Å². The lowest BCUT2D eigenvalue weighted by Crippen LogP contribution is -2.42. The van der Waals surface area contributed by atoms with Gasteiger partial charge in [-0.05, 0) is 38.2 Å². The van der Waals surface area contributed by atoms with Gasteiger partial charge < -0.3 is 10.2 Å². The zero-order valence-electron chi connectivity index (χ0n) is 15.5. The number of amides is 1. The maximum Gasteiger partial charge on any atom is 0.227 e. The molecule has 2 aromatic rings. The van der Waals surface area contributed by atoms with Crippen molar-refractivity contribution < 1.29 is 4.79 Å². The van der Waals surface area contributed by atoms with Crippen molar-refractivity contribution >= 4 is 17.5 Å². The summed E-state index contributed by atoms with van der Waals surface area (Å²) in [6, 6.07) is 1.98. The molecule has 0 unspecified atom stereocenters. The SMILES string of the molecule is O=C(C1CCCCC1)N1CCCC[C@H]1c1ccnc(Nc2cncnc2)n1. The predicted octanol–water partition coefficient (Wildman–Crippen LogP) is 3.64. The fourth-order valence-corrected chi connectivity index (χ4v) is 4.20. The van der Waals surface area contributed by atoms with E-state index in [0.29, 0.717) is 11.9 Å². The molecule has 1 saturated carbocycles. The Kier molecular flexibility index (Phi) is 5.55. The van der Waals surface area contributed by atoms with Crippen LogP contribution in [-0.4, -0.2) is 37.3 Å². The monoisotopic (exact) mass is 366 g/mol. The van der Waals surface area contributed by atoms with Crippen molar-refractivity contribution in [2.75, 3.05) is 11.9 Å². The molecule has 0 radical (unpaired) electrons. The van der Waals surface area contributed by atoms with Crippen molar-refractivity contribution in [2.24, 2.45) is 5.92 Å². The highest BCUT2D eigenvalue weighted by atomic mass is 16.2. The molecule has 7 heteroatoms. The van der Waals surface area contributed by atoms with Crippen molar-refractivity contribution in [2.45, 2.75) is 57.4 Å². The topological polar surface area (TPSA) is 83.9 Å². The number of likely N-dealkylation sites (tertiary alicyclic amines) is 1. The Bertz CT molecular complexity index is 762. The third-order valence-corrected chi connectivity index (χ3v) is 5.58. The van der Waals surface area contributed by atoms with Crippen LogP contribution in [0.1, 0.15) is 63.1 Å². The molecule has 1 aliphatic heterocycles. The summed E-state index contributed by atoms with van der Waals surface area (Å²) in [4.78, 5) is 32.2. The first kappa shape index (κ1) is 17.8. The van der Waals surface area contributed by atoms with Crippen molar-refractivity contribution in [3.05, 3.63) is 36.7 Å². The van der Waals surface area contributed by atoms with Gasteiger partial charge in [0.2, 0.25) is 11.9 Å². The molecule has 3 heterocycles. The van der Waals surface area contributed by atoms with Gasteiger partial charge in [-0.2, -0.15) is 0 Å². The first-order valence-electron chi connectivity index (χ1n) is 9.97. The number of aromatic nitrogens is 4. The number of piperidine rings is 1. The lowest BCUT2D eigenvalue weighted by molar-refractivity contribution is -0.140. The summed E-state index contributed by atoms with van der Waals surface area (Å²) in [5.41, 5.74) is 1.65. The minimum Gasteiger partial charge on any atom is -0.334 e. The van der Waals surface area contributed by atoms with Crippen molar-refractivity contribution in [3.63, 3.8) is 0 Å².